The molecule has 1 aromatic heterocycles. The monoisotopic (exact) mass is 469 g/mol. The lowest BCUT2D eigenvalue weighted by atomic mass is 9.98. The number of aromatic nitrogens is 1. The van der Waals surface area contributed by atoms with E-state index in [1.165, 1.54) is 0 Å². The standard InChI is InChI=1S/C21H25F2N3O5S/c1-4-31-21(28)18-12(2)24-13(3)19(18)32(29,30)26-9-5-6-14(11-26)20(27)25-17-8-7-15(22)10-16(17)23/h7-8,10,14,24H,4-6,9,11H2,1-3H3,(H,25,27)/t14-/m0/s1. The summed E-state index contributed by atoms with van der Waals surface area (Å²) in [7, 11) is -4.12. The molecule has 1 saturated heterocycles. The largest absolute Gasteiger partial charge is 0.462 e. The highest BCUT2D eigenvalue weighted by molar-refractivity contribution is 7.89. The summed E-state index contributed by atoms with van der Waals surface area (Å²) in [5.41, 5.74) is 0.436. The van der Waals surface area contributed by atoms with Crippen LogP contribution in [0.25, 0.3) is 0 Å². The number of halogens is 2. The maximum atomic E-state index is 13.9. The van der Waals surface area contributed by atoms with Crippen molar-refractivity contribution < 1.29 is 31.5 Å². The number of benzene rings is 1. The van der Waals surface area contributed by atoms with Gasteiger partial charge in [-0.25, -0.2) is 22.0 Å². The number of anilines is 1. The second-order valence-electron chi connectivity index (χ2n) is 7.62. The zero-order valence-corrected chi connectivity index (χ0v) is 18.8. The van der Waals surface area contributed by atoms with Crippen molar-refractivity contribution in [3.05, 3.63) is 46.8 Å². The fourth-order valence-corrected chi connectivity index (χ4v) is 5.80. The number of rotatable bonds is 6. The number of H-pyrrole nitrogens is 1. The van der Waals surface area contributed by atoms with Crippen LogP contribution in [0.15, 0.2) is 23.1 Å². The fraction of sp³-hybridized carbons (Fsp3) is 0.429. The number of nitrogens with one attached hydrogen (secondary N) is 2. The quantitative estimate of drug-likeness (QED) is 0.632. The van der Waals surface area contributed by atoms with Crippen molar-refractivity contribution >= 4 is 27.6 Å². The predicted octanol–water partition coefficient (Wildman–Crippen LogP) is 3.13. The summed E-state index contributed by atoms with van der Waals surface area (Å²) in [4.78, 5) is 27.8. The van der Waals surface area contributed by atoms with E-state index in [1.54, 1.807) is 20.8 Å². The molecule has 1 atom stereocenters. The molecule has 0 bridgehead atoms. The van der Waals surface area contributed by atoms with Gasteiger partial charge in [0.25, 0.3) is 0 Å². The van der Waals surface area contributed by atoms with Crippen LogP contribution >= 0.6 is 0 Å². The highest BCUT2D eigenvalue weighted by Crippen LogP contribution is 2.31. The molecule has 2 heterocycles. The van der Waals surface area contributed by atoms with E-state index in [-0.39, 0.29) is 35.8 Å². The highest BCUT2D eigenvalue weighted by Gasteiger charge is 2.38. The van der Waals surface area contributed by atoms with Crippen molar-refractivity contribution in [3.63, 3.8) is 0 Å². The van der Waals surface area contributed by atoms with Gasteiger partial charge in [-0.3, -0.25) is 4.79 Å². The summed E-state index contributed by atoms with van der Waals surface area (Å²) in [6, 6.07) is 2.78. The van der Waals surface area contributed by atoms with Crippen molar-refractivity contribution in [2.75, 3.05) is 25.0 Å². The lowest BCUT2D eigenvalue weighted by Crippen LogP contribution is -2.44. The lowest BCUT2D eigenvalue weighted by molar-refractivity contribution is -0.120. The van der Waals surface area contributed by atoms with Crippen LogP contribution in [0.2, 0.25) is 0 Å². The van der Waals surface area contributed by atoms with Gasteiger partial charge < -0.3 is 15.0 Å². The molecule has 2 aromatic rings. The molecule has 11 heteroatoms. The molecule has 2 N–H and O–H groups in total. The number of hydrogen-bond acceptors (Lipinski definition) is 5. The van der Waals surface area contributed by atoms with Gasteiger partial charge in [-0.1, -0.05) is 0 Å². The van der Waals surface area contributed by atoms with Gasteiger partial charge in [0.15, 0.2) is 0 Å². The van der Waals surface area contributed by atoms with Gasteiger partial charge in [0.1, 0.15) is 22.1 Å². The number of esters is 1. The minimum Gasteiger partial charge on any atom is -0.462 e. The summed E-state index contributed by atoms with van der Waals surface area (Å²) in [6.07, 6.45) is 0.803. The summed E-state index contributed by atoms with van der Waals surface area (Å²) in [6.45, 7) is 4.88. The predicted molar refractivity (Wildman–Crippen MR) is 113 cm³/mol. The molecule has 0 aliphatic carbocycles. The van der Waals surface area contributed by atoms with Crippen molar-refractivity contribution in [2.45, 2.75) is 38.5 Å². The third-order valence-electron chi connectivity index (χ3n) is 5.34. The molecule has 1 aromatic carbocycles. The van der Waals surface area contributed by atoms with Crippen LogP contribution in [0.5, 0.6) is 0 Å². The average Bonchev–Trinajstić information content (AvgIpc) is 3.04. The van der Waals surface area contributed by atoms with Gasteiger partial charge in [-0.2, -0.15) is 4.31 Å². The highest BCUT2D eigenvalue weighted by atomic mass is 32.2. The van der Waals surface area contributed by atoms with Crippen LogP contribution in [-0.2, 0) is 19.6 Å². The molecular formula is C21H25F2N3O5S. The molecule has 0 radical (unpaired) electrons. The summed E-state index contributed by atoms with van der Waals surface area (Å²) in [5.74, 6) is -3.75. The Kier molecular flexibility index (Phi) is 6.99. The minimum atomic E-state index is -4.12. The second-order valence-corrected chi connectivity index (χ2v) is 9.49. The molecule has 1 amide bonds. The molecule has 174 valence electrons. The molecule has 0 spiro atoms. The number of ether oxygens (including phenoxy) is 1. The first-order valence-corrected chi connectivity index (χ1v) is 11.6. The van der Waals surface area contributed by atoms with E-state index in [2.05, 4.69) is 10.3 Å². The maximum absolute atomic E-state index is 13.9. The SMILES string of the molecule is CCOC(=O)c1c(C)[nH]c(C)c1S(=O)(=O)N1CCC[C@H](C(=O)Nc2ccc(F)cc2F)C1. The van der Waals surface area contributed by atoms with Crippen molar-refractivity contribution in [1.82, 2.24) is 9.29 Å². The first kappa shape index (κ1) is 23.9. The van der Waals surface area contributed by atoms with Gasteiger partial charge in [0.05, 0.1) is 18.2 Å². The fourth-order valence-electron chi connectivity index (χ4n) is 3.86. The van der Waals surface area contributed by atoms with E-state index in [4.69, 9.17) is 4.74 Å². The third-order valence-corrected chi connectivity index (χ3v) is 7.38. The van der Waals surface area contributed by atoms with Gasteiger partial charge in [0, 0.05) is 30.5 Å². The number of sulfonamides is 1. The average molecular weight is 470 g/mol. The van der Waals surface area contributed by atoms with E-state index in [0.29, 0.717) is 30.3 Å². The number of piperidine rings is 1. The molecule has 1 fully saturated rings. The number of aryl methyl sites for hydroxylation is 2. The number of carbonyl (C=O) groups is 2. The number of carbonyl (C=O) groups excluding carboxylic acids is 2. The normalized spacial score (nSPS) is 17.2. The zero-order chi connectivity index (χ0) is 23.6. The Bertz CT molecular complexity index is 1150. The molecule has 0 unspecified atom stereocenters. The lowest BCUT2D eigenvalue weighted by Gasteiger charge is -2.31. The number of amides is 1. The minimum absolute atomic E-state index is 0.0516. The van der Waals surface area contributed by atoms with E-state index in [0.717, 1.165) is 16.4 Å². The van der Waals surface area contributed by atoms with Gasteiger partial charge in [-0.15, -0.1) is 0 Å². The Morgan fingerprint density at radius 2 is 1.97 bits per heavy atom. The van der Waals surface area contributed by atoms with Crippen LogP contribution in [0.3, 0.4) is 0 Å². The topological polar surface area (TPSA) is 109 Å². The first-order chi connectivity index (χ1) is 15.1. The first-order valence-electron chi connectivity index (χ1n) is 10.2. The Labute approximate surface area is 185 Å². The number of hydrogen-bond donors (Lipinski definition) is 2. The maximum Gasteiger partial charge on any atom is 0.341 e. The van der Waals surface area contributed by atoms with Crippen LogP contribution in [0.1, 0.15) is 41.5 Å². The van der Waals surface area contributed by atoms with Gasteiger partial charge in [-0.05, 0) is 45.7 Å². The Balaban J connectivity index is 1.84. The zero-order valence-electron chi connectivity index (χ0n) is 18.0. The number of aromatic amines is 1. The number of nitrogens with zero attached hydrogens (tertiary/aromatic N) is 1. The van der Waals surface area contributed by atoms with Crippen molar-refractivity contribution in [2.24, 2.45) is 5.92 Å². The molecular weight excluding hydrogens is 444 g/mol. The van der Waals surface area contributed by atoms with Crippen LogP contribution in [0, 0.1) is 31.4 Å². The van der Waals surface area contributed by atoms with Crippen LogP contribution < -0.4 is 5.32 Å². The van der Waals surface area contributed by atoms with Crippen molar-refractivity contribution in [1.29, 1.82) is 0 Å². The van der Waals surface area contributed by atoms with E-state index < -0.39 is 39.5 Å². The molecule has 0 saturated carbocycles. The van der Waals surface area contributed by atoms with Crippen molar-refractivity contribution in [3.8, 4) is 0 Å². The third kappa shape index (κ3) is 4.68. The molecule has 1 aliphatic rings. The van der Waals surface area contributed by atoms with E-state index in [1.807, 2.05) is 0 Å². The second kappa shape index (κ2) is 9.37. The smallest absolute Gasteiger partial charge is 0.341 e. The molecule has 32 heavy (non-hydrogen) atoms. The van der Waals surface area contributed by atoms with E-state index in [9.17, 15) is 26.8 Å². The summed E-state index contributed by atoms with van der Waals surface area (Å²) in [5, 5.41) is 2.40. The molecule has 1 aliphatic heterocycles. The summed E-state index contributed by atoms with van der Waals surface area (Å²) < 4.78 is 60.0. The Morgan fingerprint density at radius 3 is 2.62 bits per heavy atom. The van der Waals surface area contributed by atoms with Gasteiger partial charge >= 0.3 is 5.97 Å². The van der Waals surface area contributed by atoms with Crippen LogP contribution in [0.4, 0.5) is 14.5 Å². The van der Waals surface area contributed by atoms with E-state index >= 15 is 0 Å². The molecule has 3 rings (SSSR count). The van der Waals surface area contributed by atoms with Crippen LogP contribution in [-0.4, -0.2) is 49.3 Å². The van der Waals surface area contributed by atoms with Gasteiger partial charge in [0.2, 0.25) is 15.9 Å². The molecule has 8 nitrogen and oxygen atoms in total. The Hall–Kier alpha value is -2.79. The Morgan fingerprint density at radius 1 is 1.25 bits per heavy atom. The summed E-state index contributed by atoms with van der Waals surface area (Å²) >= 11 is 0.